The summed E-state index contributed by atoms with van der Waals surface area (Å²) in [6.45, 7) is 1.99. The molecule has 3 rings (SSSR count). The minimum atomic E-state index is 0.107. The number of pyridine rings is 1. The Morgan fingerprint density at radius 1 is 1.28 bits per heavy atom. The molecule has 2 atom stereocenters. The van der Waals surface area contributed by atoms with Crippen molar-refractivity contribution in [2.75, 3.05) is 5.32 Å². The summed E-state index contributed by atoms with van der Waals surface area (Å²) in [5.41, 5.74) is 4.75. The average Bonchev–Trinajstić information content (AvgIpc) is 2.66. The molecule has 0 spiro atoms. The van der Waals surface area contributed by atoms with Gasteiger partial charge in [-0.05, 0) is 36.6 Å². The zero-order valence-electron chi connectivity index (χ0n) is 10.2. The van der Waals surface area contributed by atoms with Crippen LogP contribution in [0.5, 0.6) is 0 Å². The number of nitrogens with zero attached hydrogens (tertiary/aromatic N) is 1. The van der Waals surface area contributed by atoms with Gasteiger partial charge in [0.05, 0.1) is 11.4 Å². The summed E-state index contributed by atoms with van der Waals surface area (Å²) in [5.74, 6) is 0. The SMILES string of the molecule is Cc1cc(NC2c3ccccc3CC2Cl)ccn1. The summed E-state index contributed by atoms with van der Waals surface area (Å²) in [6.07, 6.45) is 2.75. The molecule has 2 unspecified atom stereocenters. The number of aryl methyl sites for hydroxylation is 1. The first-order valence-corrected chi connectivity index (χ1v) is 6.59. The van der Waals surface area contributed by atoms with E-state index in [1.807, 2.05) is 25.3 Å². The molecule has 2 aromatic rings. The third-order valence-corrected chi connectivity index (χ3v) is 3.79. The maximum absolute atomic E-state index is 6.46. The first kappa shape index (κ1) is 11.5. The molecular formula is C15H15ClN2. The van der Waals surface area contributed by atoms with E-state index in [9.17, 15) is 0 Å². The number of benzene rings is 1. The molecule has 1 aromatic heterocycles. The lowest BCUT2D eigenvalue weighted by Crippen LogP contribution is -2.16. The van der Waals surface area contributed by atoms with Crippen molar-refractivity contribution >= 4 is 17.3 Å². The third kappa shape index (κ3) is 2.08. The van der Waals surface area contributed by atoms with E-state index in [0.717, 1.165) is 17.8 Å². The number of nitrogens with one attached hydrogen (secondary N) is 1. The first-order chi connectivity index (χ1) is 8.74. The predicted molar refractivity (Wildman–Crippen MR) is 75.1 cm³/mol. The molecule has 0 fully saturated rings. The van der Waals surface area contributed by atoms with Gasteiger partial charge in [0.15, 0.2) is 0 Å². The summed E-state index contributed by atoms with van der Waals surface area (Å²) in [7, 11) is 0. The molecule has 1 N–H and O–H groups in total. The van der Waals surface area contributed by atoms with Crippen LogP contribution in [-0.4, -0.2) is 10.4 Å². The molecule has 1 aliphatic rings. The normalized spacial score (nSPS) is 21.7. The molecule has 0 aliphatic heterocycles. The van der Waals surface area contributed by atoms with Crippen LogP contribution in [0.2, 0.25) is 0 Å². The van der Waals surface area contributed by atoms with Crippen LogP contribution in [-0.2, 0) is 6.42 Å². The molecule has 1 aromatic carbocycles. The molecule has 0 saturated heterocycles. The van der Waals surface area contributed by atoms with Gasteiger partial charge < -0.3 is 5.32 Å². The zero-order valence-corrected chi connectivity index (χ0v) is 11.0. The molecule has 0 saturated carbocycles. The molecule has 18 heavy (non-hydrogen) atoms. The van der Waals surface area contributed by atoms with Gasteiger partial charge in [-0.1, -0.05) is 24.3 Å². The van der Waals surface area contributed by atoms with Crippen molar-refractivity contribution in [2.24, 2.45) is 0 Å². The largest absolute Gasteiger partial charge is 0.377 e. The summed E-state index contributed by atoms with van der Waals surface area (Å²) < 4.78 is 0. The van der Waals surface area contributed by atoms with Crippen LogP contribution in [0.25, 0.3) is 0 Å². The standard InChI is InChI=1S/C15H15ClN2/c1-10-8-12(6-7-17-10)18-15-13-5-3-2-4-11(13)9-14(15)16/h2-8,14-15H,9H2,1H3,(H,17,18). The molecule has 1 aliphatic carbocycles. The maximum Gasteiger partial charge on any atom is 0.0683 e. The fourth-order valence-corrected chi connectivity index (χ4v) is 2.89. The Balaban J connectivity index is 1.89. The van der Waals surface area contributed by atoms with Crippen molar-refractivity contribution in [3.8, 4) is 0 Å². The summed E-state index contributed by atoms with van der Waals surface area (Å²) in [4.78, 5) is 4.20. The smallest absolute Gasteiger partial charge is 0.0683 e. The van der Waals surface area contributed by atoms with Gasteiger partial charge >= 0.3 is 0 Å². The van der Waals surface area contributed by atoms with E-state index in [1.54, 1.807) is 0 Å². The Bertz CT molecular complexity index is 568. The van der Waals surface area contributed by atoms with Gasteiger partial charge in [-0.3, -0.25) is 4.98 Å². The van der Waals surface area contributed by atoms with Gasteiger partial charge in [0.2, 0.25) is 0 Å². The minimum Gasteiger partial charge on any atom is -0.377 e. The highest BCUT2D eigenvalue weighted by Crippen LogP contribution is 2.37. The lowest BCUT2D eigenvalue weighted by molar-refractivity contribution is 0.771. The molecule has 1 heterocycles. The van der Waals surface area contributed by atoms with Gasteiger partial charge in [-0.25, -0.2) is 0 Å². The molecule has 2 nitrogen and oxygen atoms in total. The van der Waals surface area contributed by atoms with Crippen LogP contribution in [0.4, 0.5) is 5.69 Å². The molecule has 0 amide bonds. The van der Waals surface area contributed by atoms with Crippen LogP contribution in [0.3, 0.4) is 0 Å². The lowest BCUT2D eigenvalue weighted by Gasteiger charge is -2.19. The minimum absolute atomic E-state index is 0.107. The number of hydrogen-bond donors (Lipinski definition) is 1. The van der Waals surface area contributed by atoms with Gasteiger partial charge in [0.1, 0.15) is 0 Å². The van der Waals surface area contributed by atoms with Gasteiger partial charge in [-0.2, -0.15) is 0 Å². The third-order valence-electron chi connectivity index (χ3n) is 3.39. The van der Waals surface area contributed by atoms with Crippen LogP contribution < -0.4 is 5.32 Å². The molecule has 3 heteroatoms. The van der Waals surface area contributed by atoms with E-state index in [0.29, 0.717) is 0 Å². The summed E-state index contributed by atoms with van der Waals surface area (Å²) in [6, 6.07) is 12.7. The monoisotopic (exact) mass is 258 g/mol. The Labute approximate surface area is 112 Å². The Kier molecular flexibility index (Phi) is 2.96. The van der Waals surface area contributed by atoms with Gasteiger partial charge in [0, 0.05) is 17.6 Å². The van der Waals surface area contributed by atoms with Crippen LogP contribution in [0.15, 0.2) is 42.6 Å². The molecule has 0 radical (unpaired) electrons. The summed E-state index contributed by atoms with van der Waals surface area (Å²) >= 11 is 6.46. The highest BCUT2D eigenvalue weighted by atomic mass is 35.5. The van der Waals surface area contributed by atoms with Crippen molar-refractivity contribution in [3.63, 3.8) is 0 Å². The van der Waals surface area contributed by atoms with Crippen LogP contribution in [0, 0.1) is 6.92 Å². The fraction of sp³-hybridized carbons (Fsp3) is 0.267. The Hall–Kier alpha value is -1.54. The highest BCUT2D eigenvalue weighted by molar-refractivity contribution is 6.21. The van der Waals surface area contributed by atoms with E-state index in [1.165, 1.54) is 11.1 Å². The summed E-state index contributed by atoms with van der Waals surface area (Å²) in [5, 5.41) is 3.62. The second-order valence-electron chi connectivity index (χ2n) is 4.73. The van der Waals surface area contributed by atoms with Crippen molar-refractivity contribution in [2.45, 2.75) is 24.8 Å². The van der Waals surface area contributed by atoms with E-state index in [4.69, 9.17) is 11.6 Å². The second-order valence-corrected chi connectivity index (χ2v) is 5.29. The number of halogens is 1. The van der Waals surface area contributed by atoms with E-state index < -0.39 is 0 Å². The van der Waals surface area contributed by atoms with Gasteiger partial charge in [0.25, 0.3) is 0 Å². The molecule has 0 bridgehead atoms. The van der Waals surface area contributed by atoms with Crippen molar-refractivity contribution in [3.05, 3.63) is 59.4 Å². The van der Waals surface area contributed by atoms with Crippen molar-refractivity contribution in [1.29, 1.82) is 0 Å². The van der Waals surface area contributed by atoms with Gasteiger partial charge in [-0.15, -0.1) is 11.6 Å². The number of hydrogen-bond acceptors (Lipinski definition) is 2. The lowest BCUT2D eigenvalue weighted by atomic mass is 10.1. The fourth-order valence-electron chi connectivity index (χ4n) is 2.53. The molecule has 92 valence electrons. The quantitative estimate of drug-likeness (QED) is 0.831. The number of fused-ring (bicyclic) bond motifs is 1. The van der Waals surface area contributed by atoms with E-state index in [-0.39, 0.29) is 11.4 Å². The van der Waals surface area contributed by atoms with E-state index >= 15 is 0 Å². The molecular weight excluding hydrogens is 244 g/mol. The number of rotatable bonds is 2. The zero-order chi connectivity index (χ0) is 12.5. The topological polar surface area (TPSA) is 24.9 Å². The average molecular weight is 259 g/mol. The van der Waals surface area contributed by atoms with Crippen molar-refractivity contribution in [1.82, 2.24) is 4.98 Å². The number of alkyl halides is 1. The highest BCUT2D eigenvalue weighted by Gasteiger charge is 2.30. The second kappa shape index (κ2) is 4.62. The number of anilines is 1. The van der Waals surface area contributed by atoms with E-state index in [2.05, 4.69) is 34.6 Å². The predicted octanol–water partition coefficient (Wildman–Crippen LogP) is 3.71. The Morgan fingerprint density at radius 3 is 2.94 bits per heavy atom. The van der Waals surface area contributed by atoms with Crippen LogP contribution in [0.1, 0.15) is 22.9 Å². The van der Waals surface area contributed by atoms with Crippen LogP contribution >= 0.6 is 11.6 Å². The van der Waals surface area contributed by atoms with Crippen molar-refractivity contribution < 1.29 is 0 Å². The Morgan fingerprint density at radius 2 is 2.11 bits per heavy atom. The maximum atomic E-state index is 6.46. The number of aromatic nitrogens is 1. The first-order valence-electron chi connectivity index (χ1n) is 6.15.